The molecule has 0 fully saturated rings. The number of aromatic nitrogens is 3. The van der Waals surface area contributed by atoms with Crippen molar-refractivity contribution in [1.82, 2.24) is 15.0 Å². The summed E-state index contributed by atoms with van der Waals surface area (Å²) in [5, 5.41) is 3.83. The predicted molar refractivity (Wildman–Crippen MR) is 85.8 cm³/mol. The van der Waals surface area contributed by atoms with E-state index in [0.717, 1.165) is 16.9 Å². The lowest BCUT2D eigenvalue weighted by Crippen LogP contribution is -2.12. The maximum atomic E-state index is 5.68. The average Bonchev–Trinajstić information content (AvgIpc) is 2.46. The quantitative estimate of drug-likeness (QED) is 0.821. The number of thioether (sulfide) groups is 1. The molecule has 0 aliphatic heterocycles. The fourth-order valence-electron chi connectivity index (χ4n) is 1.91. The van der Waals surface area contributed by atoms with E-state index in [9.17, 15) is 0 Å². The topological polar surface area (TPSA) is 86.0 Å². The molecule has 7 heteroatoms. The van der Waals surface area contributed by atoms with Crippen molar-refractivity contribution in [3.63, 3.8) is 0 Å². The third-order valence-electron chi connectivity index (χ3n) is 3.09. The van der Waals surface area contributed by atoms with Crippen LogP contribution in [0.2, 0.25) is 0 Å². The SMILES string of the molecule is COc1cc(C(C)Nc2nc(N)nc(SC)n2)ccc1C. The second kappa shape index (κ2) is 6.62. The molecule has 0 radical (unpaired) electrons. The molecule has 3 N–H and O–H groups in total. The Morgan fingerprint density at radius 1 is 1.29 bits per heavy atom. The van der Waals surface area contributed by atoms with Crippen molar-refractivity contribution in [1.29, 1.82) is 0 Å². The van der Waals surface area contributed by atoms with E-state index < -0.39 is 0 Å². The van der Waals surface area contributed by atoms with E-state index in [4.69, 9.17) is 10.5 Å². The van der Waals surface area contributed by atoms with Gasteiger partial charge >= 0.3 is 0 Å². The second-order valence-electron chi connectivity index (χ2n) is 4.60. The number of benzene rings is 1. The van der Waals surface area contributed by atoms with Gasteiger partial charge in [0.05, 0.1) is 13.2 Å². The van der Waals surface area contributed by atoms with Crippen molar-refractivity contribution < 1.29 is 4.74 Å². The summed E-state index contributed by atoms with van der Waals surface area (Å²) in [6.07, 6.45) is 1.90. The van der Waals surface area contributed by atoms with Crippen LogP contribution in [0.5, 0.6) is 5.75 Å². The van der Waals surface area contributed by atoms with Crippen LogP contribution < -0.4 is 15.8 Å². The molecule has 0 aliphatic rings. The molecule has 0 aliphatic carbocycles. The van der Waals surface area contributed by atoms with Gasteiger partial charge in [0.1, 0.15) is 5.75 Å². The normalized spacial score (nSPS) is 12.0. The summed E-state index contributed by atoms with van der Waals surface area (Å²) in [7, 11) is 1.67. The van der Waals surface area contributed by atoms with Gasteiger partial charge < -0.3 is 15.8 Å². The molecular formula is C14H19N5OS. The Labute approximate surface area is 128 Å². The van der Waals surface area contributed by atoms with Crippen LogP contribution in [-0.4, -0.2) is 28.3 Å². The number of ether oxygens (including phenoxy) is 1. The number of rotatable bonds is 5. The number of nitrogens with zero attached hydrogens (tertiary/aromatic N) is 3. The molecule has 2 aromatic rings. The second-order valence-corrected chi connectivity index (χ2v) is 5.37. The van der Waals surface area contributed by atoms with Crippen molar-refractivity contribution in [2.45, 2.75) is 25.0 Å². The first-order valence-corrected chi connectivity index (χ1v) is 7.72. The maximum absolute atomic E-state index is 5.68. The Morgan fingerprint density at radius 2 is 2.05 bits per heavy atom. The molecule has 0 saturated carbocycles. The highest BCUT2D eigenvalue weighted by molar-refractivity contribution is 7.98. The van der Waals surface area contributed by atoms with Crippen LogP contribution in [0.15, 0.2) is 23.4 Å². The van der Waals surface area contributed by atoms with Gasteiger partial charge in [-0.15, -0.1) is 0 Å². The molecule has 0 saturated heterocycles. The minimum atomic E-state index is 0.0241. The lowest BCUT2D eigenvalue weighted by atomic mass is 10.1. The summed E-state index contributed by atoms with van der Waals surface area (Å²) in [5.74, 6) is 1.55. The summed E-state index contributed by atoms with van der Waals surface area (Å²) in [5.41, 5.74) is 7.86. The van der Waals surface area contributed by atoms with E-state index in [-0.39, 0.29) is 12.0 Å². The maximum Gasteiger partial charge on any atom is 0.228 e. The minimum absolute atomic E-state index is 0.0241. The lowest BCUT2D eigenvalue weighted by Gasteiger charge is -2.16. The number of anilines is 2. The average molecular weight is 305 g/mol. The van der Waals surface area contributed by atoms with E-state index in [1.165, 1.54) is 11.8 Å². The van der Waals surface area contributed by atoms with Gasteiger partial charge in [-0.25, -0.2) is 0 Å². The van der Waals surface area contributed by atoms with Crippen molar-refractivity contribution in [2.24, 2.45) is 0 Å². The number of methoxy groups -OCH3 is 1. The predicted octanol–water partition coefficient (Wildman–Crippen LogP) is 2.67. The number of nitrogens with one attached hydrogen (secondary N) is 1. The highest BCUT2D eigenvalue weighted by atomic mass is 32.2. The Bertz CT molecular complexity index is 635. The van der Waals surface area contributed by atoms with Gasteiger partial charge in [0.25, 0.3) is 0 Å². The van der Waals surface area contributed by atoms with E-state index in [1.54, 1.807) is 7.11 Å². The van der Waals surface area contributed by atoms with Crippen molar-refractivity contribution in [2.75, 3.05) is 24.4 Å². The van der Waals surface area contributed by atoms with Gasteiger partial charge in [-0.3, -0.25) is 0 Å². The zero-order valence-electron chi connectivity index (χ0n) is 12.5. The fourth-order valence-corrected chi connectivity index (χ4v) is 2.27. The van der Waals surface area contributed by atoms with Crippen LogP contribution in [0.4, 0.5) is 11.9 Å². The summed E-state index contributed by atoms with van der Waals surface area (Å²) < 4.78 is 5.35. The molecular weight excluding hydrogens is 286 g/mol. The first-order chi connectivity index (χ1) is 10.0. The van der Waals surface area contributed by atoms with Crippen molar-refractivity contribution in [3.8, 4) is 5.75 Å². The van der Waals surface area contributed by atoms with Crippen LogP contribution in [0.25, 0.3) is 0 Å². The Morgan fingerprint density at radius 3 is 2.71 bits per heavy atom. The largest absolute Gasteiger partial charge is 0.496 e. The van der Waals surface area contributed by atoms with Crippen LogP contribution in [0.1, 0.15) is 24.1 Å². The first-order valence-electron chi connectivity index (χ1n) is 6.50. The van der Waals surface area contributed by atoms with Gasteiger partial charge in [0.15, 0.2) is 5.16 Å². The molecule has 0 amide bonds. The van der Waals surface area contributed by atoms with E-state index in [0.29, 0.717) is 11.1 Å². The summed E-state index contributed by atoms with van der Waals surface area (Å²) in [6.45, 7) is 4.04. The molecule has 21 heavy (non-hydrogen) atoms. The number of hydrogen-bond acceptors (Lipinski definition) is 7. The smallest absolute Gasteiger partial charge is 0.228 e. The van der Waals surface area contributed by atoms with Crippen LogP contribution in [0.3, 0.4) is 0 Å². The molecule has 0 spiro atoms. The number of nitrogens with two attached hydrogens (primary N) is 1. The van der Waals surface area contributed by atoms with Gasteiger partial charge in [-0.1, -0.05) is 23.9 Å². The molecule has 112 valence electrons. The molecule has 1 atom stereocenters. The molecule has 0 bridgehead atoms. The minimum Gasteiger partial charge on any atom is -0.496 e. The van der Waals surface area contributed by atoms with Crippen molar-refractivity contribution >= 4 is 23.7 Å². The number of hydrogen-bond donors (Lipinski definition) is 2. The van der Waals surface area contributed by atoms with Gasteiger partial charge in [0.2, 0.25) is 11.9 Å². The molecule has 1 aromatic heterocycles. The van der Waals surface area contributed by atoms with E-state index >= 15 is 0 Å². The summed E-state index contributed by atoms with van der Waals surface area (Å²) in [4.78, 5) is 12.4. The van der Waals surface area contributed by atoms with Gasteiger partial charge in [0, 0.05) is 0 Å². The standard InChI is InChI=1S/C14H19N5OS/c1-8-5-6-10(7-11(8)20-3)9(2)16-13-17-12(15)18-14(19-13)21-4/h5-7,9H,1-4H3,(H3,15,16,17,18,19). The van der Waals surface area contributed by atoms with E-state index in [1.807, 2.05) is 32.2 Å². The Hall–Kier alpha value is -2.02. The first kappa shape index (κ1) is 15.4. The Balaban J connectivity index is 2.21. The fraction of sp³-hybridized carbons (Fsp3) is 0.357. The third-order valence-corrected chi connectivity index (χ3v) is 3.64. The zero-order valence-corrected chi connectivity index (χ0v) is 13.4. The van der Waals surface area contributed by atoms with Crippen LogP contribution >= 0.6 is 11.8 Å². The zero-order chi connectivity index (χ0) is 15.4. The molecule has 6 nitrogen and oxygen atoms in total. The Kier molecular flexibility index (Phi) is 4.85. The monoisotopic (exact) mass is 305 g/mol. The summed E-state index contributed by atoms with van der Waals surface area (Å²) >= 11 is 1.43. The van der Waals surface area contributed by atoms with Crippen molar-refractivity contribution in [3.05, 3.63) is 29.3 Å². The number of aryl methyl sites for hydroxylation is 1. The van der Waals surface area contributed by atoms with Gasteiger partial charge in [-0.05, 0) is 37.3 Å². The highest BCUT2D eigenvalue weighted by Gasteiger charge is 2.11. The third kappa shape index (κ3) is 3.75. The highest BCUT2D eigenvalue weighted by Crippen LogP contribution is 2.25. The van der Waals surface area contributed by atoms with E-state index in [2.05, 4.69) is 26.3 Å². The molecule has 1 aromatic carbocycles. The summed E-state index contributed by atoms with van der Waals surface area (Å²) in [6, 6.07) is 6.11. The number of nitrogen functional groups attached to an aromatic ring is 1. The van der Waals surface area contributed by atoms with Crippen LogP contribution in [-0.2, 0) is 0 Å². The molecule has 2 rings (SSSR count). The van der Waals surface area contributed by atoms with Crippen LogP contribution in [0, 0.1) is 6.92 Å². The van der Waals surface area contributed by atoms with Gasteiger partial charge in [-0.2, -0.15) is 15.0 Å². The molecule has 1 unspecified atom stereocenters. The lowest BCUT2D eigenvalue weighted by molar-refractivity contribution is 0.411. The molecule has 1 heterocycles.